The van der Waals surface area contributed by atoms with Crippen LogP contribution in [0.3, 0.4) is 0 Å². The number of fused-ring (bicyclic) bond motifs is 5. The number of rotatable bonds is 12. The predicted molar refractivity (Wildman–Crippen MR) is 143 cm³/mol. The van der Waals surface area contributed by atoms with Gasteiger partial charge in [-0.15, -0.1) is 0 Å². The molecule has 0 aliphatic carbocycles. The summed E-state index contributed by atoms with van der Waals surface area (Å²) in [7, 11) is 1.61. The van der Waals surface area contributed by atoms with Crippen LogP contribution in [0.2, 0.25) is 0 Å². The Kier molecular flexibility index (Phi) is 7.84. The van der Waals surface area contributed by atoms with Gasteiger partial charge in [0.25, 0.3) is 0 Å². The molecule has 5 heteroatoms. The lowest BCUT2D eigenvalue weighted by Crippen LogP contribution is -2.41. The van der Waals surface area contributed by atoms with E-state index in [0.717, 1.165) is 48.1 Å². The van der Waals surface area contributed by atoms with Gasteiger partial charge >= 0.3 is 0 Å². The molecule has 36 heavy (non-hydrogen) atoms. The van der Waals surface area contributed by atoms with Gasteiger partial charge in [-0.1, -0.05) is 64.7 Å². The number of methoxy groups -OCH3 is 1. The standard InChI is InChI=1S/C31H39NO4/c1-3-4-5-6-7-8-9-10-11-12-13-24-23-14-15-27(34-2)31(33)26(23)20-32-17-16-22-18-28-29(36-21-35-28)19-25(22)30(24)32/h14-15,18-20H,3-13,16-17,21H2,1-2H3/p+1. The Morgan fingerprint density at radius 2 is 1.58 bits per heavy atom. The van der Waals surface area contributed by atoms with Crippen LogP contribution < -0.4 is 18.8 Å². The van der Waals surface area contributed by atoms with Crippen molar-refractivity contribution in [3.8, 4) is 34.3 Å². The van der Waals surface area contributed by atoms with Gasteiger partial charge in [-0.3, -0.25) is 0 Å². The van der Waals surface area contributed by atoms with Crippen molar-refractivity contribution >= 4 is 10.8 Å². The molecule has 0 unspecified atom stereocenters. The van der Waals surface area contributed by atoms with Crippen molar-refractivity contribution in [2.45, 2.75) is 90.5 Å². The number of nitrogens with zero attached hydrogens (tertiary/aromatic N) is 1. The molecule has 0 spiro atoms. The zero-order valence-electron chi connectivity index (χ0n) is 21.9. The molecule has 0 fully saturated rings. The summed E-state index contributed by atoms with van der Waals surface area (Å²) in [5.41, 5.74) is 5.10. The number of aryl methyl sites for hydroxylation is 3. The second-order valence-corrected chi connectivity index (χ2v) is 10.3. The summed E-state index contributed by atoms with van der Waals surface area (Å²) in [6, 6.07) is 8.31. The van der Waals surface area contributed by atoms with E-state index in [-0.39, 0.29) is 12.5 Å². The first-order chi connectivity index (χ1) is 17.7. The number of aromatic nitrogens is 1. The number of aromatic hydroxyl groups is 1. The number of phenols is 1. The topological polar surface area (TPSA) is 51.8 Å². The van der Waals surface area contributed by atoms with E-state index in [1.54, 1.807) is 7.11 Å². The highest BCUT2D eigenvalue weighted by Crippen LogP contribution is 2.43. The quantitative estimate of drug-likeness (QED) is 0.214. The largest absolute Gasteiger partial charge is 0.504 e. The van der Waals surface area contributed by atoms with Gasteiger partial charge in [0, 0.05) is 17.4 Å². The highest BCUT2D eigenvalue weighted by molar-refractivity contribution is 5.94. The van der Waals surface area contributed by atoms with E-state index in [1.807, 2.05) is 6.07 Å². The summed E-state index contributed by atoms with van der Waals surface area (Å²) in [6.45, 7) is 3.44. The van der Waals surface area contributed by atoms with E-state index < -0.39 is 0 Å². The molecule has 1 N–H and O–H groups in total. The molecule has 2 aromatic carbocycles. The molecule has 3 heterocycles. The van der Waals surface area contributed by atoms with Crippen molar-refractivity contribution in [2.75, 3.05) is 13.9 Å². The molecule has 5 rings (SSSR count). The zero-order chi connectivity index (χ0) is 24.9. The number of pyridine rings is 1. The van der Waals surface area contributed by atoms with Gasteiger partial charge in [0.15, 0.2) is 35.7 Å². The van der Waals surface area contributed by atoms with Gasteiger partial charge in [-0.25, -0.2) is 0 Å². The number of phenolic OH excluding ortho intramolecular Hbond substituents is 1. The molecule has 3 aromatic rings. The smallest absolute Gasteiger partial charge is 0.231 e. The third kappa shape index (κ3) is 4.98. The Morgan fingerprint density at radius 1 is 0.889 bits per heavy atom. The molecular weight excluding hydrogens is 450 g/mol. The van der Waals surface area contributed by atoms with Gasteiger partial charge in [0.2, 0.25) is 12.5 Å². The van der Waals surface area contributed by atoms with Crippen molar-refractivity contribution in [1.29, 1.82) is 0 Å². The van der Waals surface area contributed by atoms with Gasteiger partial charge in [0.05, 0.1) is 18.1 Å². The Labute approximate surface area is 215 Å². The molecule has 1 aromatic heterocycles. The summed E-state index contributed by atoms with van der Waals surface area (Å²) < 4.78 is 19.1. The minimum Gasteiger partial charge on any atom is -0.504 e. The molecule has 0 atom stereocenters. The van der Waals surface area contributed by atoms with E-state index in [0.29, 0.717) is 5.75 Å². The fraction of sp³-hybridized carbons (Fsp3) is 0.516. The molecule has 0 bridgehead atoms. The van der Waals surface area contributed by atoms with Gasteiger partial charge in [-0.05, 0) is 42.7 Å². The van der Waals surface area contributed by atoms with Crippen molar-refractivity contribution in [1.82, 2.24) is 0 Å². The van der Waals surface area contributed by atoms with Crippen LogP contribution in [0.1, 0.15) is 82.3 Å². The molecule has 0 radical (unpaired) electrons. The molecule has 0 amide bonds. The Balaban J connectivity index is 1.39. The SMILES string of the molecule is CCCCCCCCCCCCc1c2[n+](cc3c(O)c(OC)ccc13)CCc1cc3c(cc1-2)OCO3. The lowest BCUT2D eigenvalue weighted by atomic mass is 9.89. The van der Waals surface area contributed by atoms with Crippen LogP contribution >= 0.6 is 0 Å². The van der Waals surface area contributed by atoms with Crippen molar-refractivity contribution < 1.29 is 23.9 Å². The Morgan fingerprint density at radius 3 is 2.31 bits per heavy atom. The van der Waals surface area contributed by atoms with Crippen LogP contribution in [0.15, 0.2) is 30.5 Å². The average molecular weight is 491 g/mol. The number of ether oxygens (including phenoxy) is 3. The zero-order valence-corrected chi connectivity index (χ0v) is 21.9. The average Bonchev–Trinajstić information content (AvgIpc) is 3.36. The molecule has 0 saturated heterocycles. The third-order valence-electron chi connectivity index (χ3n) is 7.84. The number of benzene rings is 2. The van der Waals surface area contributed by atoms with E-state index in [1.165, 1.54) is 80.2 Å². The maximum absolute atomic E-state index is 11.0. The van der Waals surface area contributed by atoms with Crippen LogP contribution in [-0.4, -0.2) is 19.0 Å². The van der Waals surface area contributed by atoms with Gasteiger partial charge in [0.1, 0.15) is 0 Å². The van der Waals surface area contributed by atoms with Crippen molar-refractivity contribution in [2.24, 2.45) is 0 Å². The molecular formula is C31H40NO4+. The fourth-order valence-corrected chi connectivity index (χ4v) is 5.86. The minimum atomic E-state index is 0.228. The maximum Gasteiger partial charge on any atom is 0.231 e. The van der Waals surface area contributed by atoms with Crippen molar-refractivity contribution in [3.05, 3.63) is 41.6 Å². The van der Waals surface area contributed by atoms with Crippen LogP contribution in [0.25, 0.3) is 22.0 Å². The third-order valence-corrected chi connectivity index (χ3v) is 7.84. The van der Waals surface area contributed by atoms with Crippen LogP contribution in [0.4, 0.5) is 0 Å². The number of hydrogen-bond acceptors (Lipinski definition) is 4. The summed E-state index contributed by atoms with van der Waals surface area (Å²) in [6.07, 6.45) is 17.2. The summed E-state index contributed by atoms with van der Waals surface area (Å²) in [4.78, 5) is 0. The first-order valence-corrected chi connectivity index (χ1v) is 13.9. The molecule has 2 aliphatic rings. The monoisotopic (exact) mass is 490 g/mol. The minimum absolute atomic E-state index is 0.228. The second kappa shape index (κ2) is 11.4. The summed E-state index contributed by atoms with van der Waals surface area (Å²) >= 11 is 0. The van der Waals surface area contributed by atoms with Crippen LogP contribution in [0.5, 0.6) is 23.0 Å². The van der Waals surface area contributed by atoms with E-state index >= 15 is 0 Å². The number of unbranched alkanes of at least 4 members (excludes halogenated alkanes) is 9. The summed E-state index contributed by atoms with van der Waals surface area (Å²) in [5.74, 6) is 2.42. The Hall–Kier alpha value is -2.95. The van der Waals surface area contributed by atoms with E-state index in [4.69, 9.17) is 14.2 Å². The first kappa shape index (κ1) is 24.7. The lowest BCUT2D eigenvalue weighted by Gasteiger charge is -2.20. The first-order valence-electron chi connectivity index (χ1n) is 13.9. The fourth-order valence-electron chi connectivity index (χ4n) is 5.86. The second-order valence-electron chi connectivity index (χ2n) is 10.3. The van der Waals surface area contributed by atoms with Crippen LogP contribution in [-0.2, 0) is 19.4 Å². The Bertz CT molecular complexity index is 1220. The lowest BCUT2D eigenvalue weighted by molar-refractivity contribution is -0.686. The highest BCUT2D eigenvalue weighted by Gasteiger charge is 2.31. The molecule has 5 nitrogen and oxygen atoms in total. The van der Waals surface area contributed by atoms with E-state index in [2.05, 4.69) is 35.9 Å². The van der Waals surface area contributed by atoms with Gasteiger partial charge < -0.3 is 19.3 Å². The molecule has 0 saturated carbocycles. The molecule has 2 aliphatic heterocycles. The normalized spacial score (nSPS) is 13.6. The van der Waals surface area contributed by atoms with E-state index in [9.17, 15) is 5.11 Å². The summed E-state index contributed by atoms with van der Waals surface area (Å²) in [5, 5.41) is 12.9. The van der Waals surface area contributed by atoms with Crippen LogP contribution in [0, 0.1) is 0 Å². The van der Waals surface area contributed by atoms with Crippen molar-refractivity contribution in [3.63, 3.8) is 0 Å². The number of hydrogen-bond donors (Lipinski definition) is 1. The predicted octanol–water partition coefficient (Wildman–Crippen LogP) is 7.26. The van der Waals surface area contributed by atoms with Gasteiger partial charge in [-0.2, -0.15) is 4.57 Å². The maximum atomic E-state index is 11.0. The molecule has 192 valence electrons. The highest BCUT2D eigenvalue weighted by atomic mass is 16.7.